The fourth-order valence-corrected chi connectivity index (χ4v) is 4.70. The Labute approximate surface area is 163 Å². The van der Waals surface area contributed by atoms with Crippen LogP contribution in [-0.4, -0.2) is 58.8 Å². The molecule has 1 aromatic heterocycles. The zero-order valence-corrected chi connectivity index (χ0v) is 15.9. The number of hydrogen-bond acceptors (Lipinski definition) is 5. The van der Waals surface area contributed by atoms with Crippen LogP contribution in [0.5, 0.6) is 0 Å². The zero-order valence-electron chi connectivity index (χ0n) is 15.9. The van der Waals surface area contributed by atoms with Crippen molar-refractivity contribution in [2.24, 2.45) is 11.3 Å². The Kier molecular flexibility index (Phi) is 5.46. The molecule has 0 aliphatic carbocycles. The molecule has 2 aromatic rings. The van der Waals surface area contributed by atoms with Gasteiger partial charge in [0.05, 0.1) is 0 Å². The van der Waals surface area contributed by atoms with Crippen LogP contribution in [-0.2, 0) is 6.54 Å². The van der Waals surface area contributed by atoms with Crippen molar-refractivity contribution in [1.82, 2.24) is 15.0 Å². The number of carbonyl (C=O) groups is 1. The number of hydrogen-bond donors (Lipinski definition) is 1. The summed E-state index contributed by atoms with van der Waals surface area (Å²) in [5, 5.41) is 13.8. The number of benzene rings is 1. The Morgan fingerprint density at radius 2 is 1.89 bits per heavy atom. The lowest BCUT2D eigenvalue weighted by Gasteiger charge is -2.51. The number of carbonyl (C=O) groups excluding carboxylic acids is 1. The minimum atomic E-state index is -0.209. The van der Waals surface area contributed by atoms with E-state index >= 15 is 0 Å². The number of likely N-dealkylation sites (tertiary alicyclic amines) is 2. The highest BCUT2D eigenvalue weighted by molar-refractivity contribution is 5.92. The third-order valence-corrected chi connectivity index (χ3v) is 6.52. The summed E-state index contributed by atoms with van der Waals surface area (Å²) >= 11 is 0. The number of halogens is 1. The maximum atomic E-state index is 13.1. The van der Waals surface area contributed by atoms with Crippen LogP contribution in [0.1, 0.15) is 35.3 Å². The fourth-order valence-electron chi connectivity index (χ4n) is 4.70. The Morgan fingerprint density at radius 3 is 2.54 bits per heavy atom. The van der Waals surface area contributed by atoms with Gasteiger partial charge in [-0.05, 0) is 55.5 Å². The maximum Gasteiger partial charge on any atom is 0.276 e. The van der Waals surface area contributed by atoms with Crippen molar-refractivity contribution in [3.05, 3.63) is 53.7 Å². The summed E-state index contributed by atoms with van der Waals surface area (Å²) in [5.41, 5.74) is 1.51. The molecule has 4 rings (SSSR count). The van der Waals surface area contributed by atoms with Crippen molar-refractivity contribution < 1.29 is 18.8 Å². The summed E-state index contributed by atoms with van der Waals surface area (Å²) in [7, 11) is 0. The average molecular weight is 387 g/mol. The van der Waals surface area contributed by atoms with E-state index in [2.05, 4.69) is 10.1 Å². The van der Waals surface area contributed by atoms with Crippen LogP contribution in [0.4, 0.5) is 4.39 Å². The van der Waals surface area contributed by atoms with Gasteiger partial charge in [0.25, 0.3) is 5.91 Å². The first kappa shape index (κ1) is 19.1. The van der Waals surface area contributed by atoms with E-state index in [1.54, 1.807) is 11.0 Å². The van der Waals surface area contributed by atoms with E-state index in [-0.39, 0.29) is 29.7 Å². The lowest BCUT2D eigenvalue weighted by atomic mass is 9.64. The molecule has 1 atom stereocenters. The smallest absolute Gasteiger partial charge is 0.276 e. The highest BCUT2D eigenvalue weighted by Gasteiger charge is 2.45. The average Bonchev–Trinajstić information content (AvgIpc) is 3.26. The summed E-state index contributed by atoms with van der Waals surface area (Å²) in [4.78, 5) is 16.7. The molecule has 0 saturated carbocycles. The van der Waals surface area contributed by atoms with Gasteiger partial charge in [-0.2, -0.15) is 0 Å². The molecule has 0 bridgehead atoms. The lowest BCUT2D eigenvalue weighted by molar-refractivity contribution is -0.0366. The second-order valence-corrected chi connectivity index (χ2v) is 8.03. The number of amides is 1. The molecule has 6 nitrogen and oxygen atoms in total. The van der Waals surface area contributed by atoms with E-state index in [1.165, 1.54) is 18.4 Å². The Morgan fingerprint density at radius 1 is 1.18 bits per heavy atom. The van der Waals surface area contributed by atoms with Crippen LogP contribution < -0.4 is 0 Å². The van der Waals surface area contributed by atoms with Crippen molar-refractivity contribution in [2.45, 2.75) is 25.8 Å². The molecular formula is C21H26FN3O3. The number of aliphatic hydroxyl groups is 1. The van der Waals surface area contributed by atoms with E-state index in [0.29, 0.717) is 18.8 Å². The van der Waals surface area contributed by atoms with Gasteiger partial charge in [-0.15, -0.1) is 0 Å². The maximum absolute atomic E-state index is 13.1. The van der Waals surface area contributed by atoms with Gasteiger partial charge in [0.2, 0.25) is 0 Å². The van der Waals surface area contributed by atoms with Crippen molar-refractivity contribution >= 4 is 5.91 Å². The van der Waals surface area contributed by atoms with E-state index in [9.17, 15) is 14.3 Å². The van der Waals surface area contributed by atoms with Gasteiger partial charge in [0.15, 0.2) is 5.69 Å². The van der Waals surface area contributed by atoms with Gasteiger partial charge in [-0.1, -0.05) is 17.3 Å². The topological polar surface area (TPSA) is 69.8 Å². The van der Waals surface area contributed by atoms with Crippen LogP contribution in [0.15, 0.2) is 41.1 Å². The van der Waals surface area contributed by atoms with E-state index < -0.39 is 0 Å². The third-order valence-electron chi connectivity index (χ3n) is 6.52. The van der Waals surface area contributed by atoms with E-state index in [4.69, 9.17) is 4.52 Å². The van der Waals surface area contributed by atoms with Crippen LogP contribution in [0.25, 0.3) is 0 Å². The molecule has 28 heavy (non-hydrogen) atoms. The monoisotopic (exact) mass is 387 g/mol. The van der Waals surface area contributed by atoms with Crippen LogP contribution in [0.2, 0.25) is 0 Å². The third kappa shape index (κ3) is 3.82. The van der Waals surface area contributed by atoms with Gasteiger partial charge in [0.1, 0.15) is 12.1 Å². The molecule has 150 valence electrons. The summed E-state index contributed by atoms with van der Waals surface area (Å²) < 4.78 is 17.9. The van der Waals surface area contributed by atoms with Crippen LogP contribution in [0.3, 0.4) is 0 Å². The van der Waals surface area contributed by atoms with Crippen molar-refractivity contribution in [1.29, 1.82) is 0 Å². The van der Waals surface area contributed by atoms with Gasteiger partial charge in [-0.3, -0.25) is 9.69 Å². The second-order valence-electron chi connectivity index (χ2n) is 8.03. The lowest BCUT2D eigenvalue weighted by Crippen LogP contribution is -2.54. The predicted molar refractivity (Wildman–Crippen MR) is 101 cm³/mol. The van der Waals surface area contributed by atoms with Crippen molar-refractivity contribution in [2.75, 3.05) is 32.8 Å². The molecule has 2 aliphatic rings. The molecule has 3 heterocycles. The molecule has 1 spiro atoms. The number of rotatable bonds is 4. The summed E-state index contributed by atoms with van der Waals surface area (Å²) in [5.74, 6) is -0.264. The summed E-state index contributed by atoms with van der Waals surface area (Å²) in [6.45, 7) is 4.04. The zero-order chi connectivity index (χ0) is 19.6. The largest absolute Gasteiger partial charge is 0.396 e. The summed E-state index contributed by atoms with van der Waals surface area (Å²) in [6.07, 6.45) is 4.31. The first-order valence-electron chi connectivity index (χ1n) is 9.87. The van der Waals surface area contributed by atoms with Gasteiger partial charge >= 0.3 is 0 Å². The molecule has 1 unspecified atom stereocenters. The molecule has 2 aliphatic heterocycles. The molecule has 1 N–H and O–H groups in total. The minimum Gasteiger partial charge on any atom is -0.396 e. The molecule has 1 aromatic carbocycles. The fraction of sp³-hybridized carbons (Fsp3) is 0.524. The quantitative estimate of drug-likeness (QED) is 0.873. The van der Waals surface area contributed by atoms with Crippen LogP contribution in [0, 0.1) is 17.2 Å². The first-order chi connectivity index (χ1) is 13.6. The van der Waals surface area contributed by atoms with Crippen molar-refractivity contribution in [3.63, 3.8) is 0 Å². The molecular weight excluding hydrogens is 361 g/mol. The van der Waals surface area contributed by atoms with Crippen LogP contribution >= 0.6 is 0 Å². The molecule has 0 radical (unpaired) electrons. The number of nitrogens with zero attached hydrogens (tertiary/aromatic N) is 3. The Hall–Kier alpha value is -2.25. The Balaban J connectivity index is 1.36. The minimum absolute atomic E-state index is 0.0741. The molecule has 2 fully saturated rings. The van der Waals surface area contributed by atoms with E-state index in [0.717, 1.165) is 44.5 Å². The standard InChI is InChI=1S/C21H26FN3O3/c22-18-3-1-16(2-4-18)13-24-9-6-21(7-10-24)8-11-25(14-17(21)15-26)20(27)19-5-12-28-23-19/h1-5,12,17,26H,6-11,13-15H2. The predicted octanol–water partition coefficient (Wildman–Crippen LogP) is 2.55. The van der Waals surface area contributed by atoms with Gasteiger partial charge in [-0.25, -0.2) is 4.39 Å². The molecule has 2 saturated heterocycles. The second kappa shape index (κ2) is 8.01. The van der Waals surface area contributed by atoms with Crippen molar-refractivity contribution in [3.8, 4) is 0 Å². The number of aromatic nitrogens is 1. The van der Waals surface area contributed by atoms with Gasteiger partial charge < -0.3 is 14.5 Å². The number of aliphatic hydroxyl groups excluding tert-OH is 1. The molecule has 1 amide bonds. The normalized spacial score (nSPS) is 22.5. The molecule has 7 heteroatoms. The Bertz CT molecular complexity index is 786. The highest BCUT2D eigenvalue weighted by atomic mass is 19.1. The SMILES string of the molecule is O=C(c1ccon1)N1CCC2(CCN(Cc3ccc(F)cc3)CC2)C(CO)C1. The van der Waals surface area contributed by atoms with E-state index in [1.807, 2.05) is 12.1 Å². The first-order valence-corrected chi connectivity index (χ1v) is 9.87. The highest BCUT2D eigenvalue weighted by Crippen LogP contribution is 2.45. The van der Waals surface area contributed by atoms with Gasteiger partial charge in [0, 0.05) is 38.2 Å². The number of piperidine rings is 2. The summed E-state index contributed by atoms with van der Waals surface area (Å²) in [6, 6.07) is 8.26.